The van der Waals surface area contributed by atoms with Gasteiger partial charge in [-0.15, -0.1) is 12.3 Å². The van der Waals surface area contributed by atoms with Crippen LogP contribution >= 0.6 is 0 Å². The van der Waals surface area contributed by atoms with Crippen molar-refractivity contribution in [2.45, 2.75) is 25.7 Å². The van der Waals surface area contributed by atoms with Gasteiger partial charge >= 0.3 is 0 Å². The molecule has 14 heavy (non-hydrogen) atoms. The predicted molar refractivity (Wildman–Crippen MR) is 51.6 cm³/mol. The highest BCUT2D eigenvalue weighted by Crippen LogP contribution is 2.43. The molecule has 0 radical (unpaired) electrons. The first-order chi connectivity index (χ1) is 6.52. The third kappa shape index (κ3) is 1.72. The Labute approximate surface area is 83.0 Å². The van der Waals surface area contributed by atoms with Gasteiger partial charge in [-0.2, -0.15) is 0 Å². The summed E-state index contributed by atoms with van der Waals surface area (Å²) in [6, 6.07) is 0. The van der Waals surface area contributed by atoms with Gasteiger partial charge in [0.05, 0.1) is 5.41 Å². The molecule has 1 saturated carbocycles. The third-order valence-corrected chi connectivity index (χ3v) is 2.97. The van der Waals surface area contributed by atoms with E-state index >= 15 is 0 Å². The van der Waals surface area contributed by atoms with E-state index in [9.17, 15) is 9.59 Å². The van der Waals surface area contributed by atoms with Crippen LogP contribution in [0.4, 0.5) is 0 Å². The topological polar surface area (TPSA) is 86.2 Å². The molecule has 0 aliphatic heterocycles. The molecule has 0 heterocycles. The maximum atomic E-state index is 11.3. The van der Waals surface area contributed by atoms with E-state index in [0.29, 0.717) is 25.7 Å². The highest BCUT2D eigenvalue weighted by atomic mass is 16.2. The molecule has 4 nitrogen and oxygen atoms in total. The standard InChI is InChI=1S/C10H14N2O2/c1-2-4-10(9(12)14)5-3-7(6-10)8(11)13/h1,7H,3-6H2,(H2,11,13)(H2,12,14). The summed E-state index contributed by atoms with van der Waals surface area (Å²) >= 11 is 0. The fourth-order valence-corrected chi connectivity index (χ4v) is 2.04. The van der Waals surface area contributed by atoms with E-state index in [-0.39, 0.29) is 11.8 Å². The summed E-state index contributed by atoms with van der Waals surface area (Å²) in [4.78, 5) is 22.2. The van der Waals surface area contributed by atoms with Gasteiger partial charge in [-0.1, -0.05) is 0 Å². The third-order valence-electron chi connectivity index (χ3n) is 2.97. The predicted octanol–water partition coefficient (Wildman–Crippen LogP) is -0.233. The van der Waals surface area contributed by atoms with E-state index < -0.39 is 11.3 Å². The fourth-order valence-electron chi connectivity index (χ4n) is 2.04. The Morgan fingerprint density at radius 3 is 2.50 bits per heavy atom. The highest BCUT2D eigenvalue weighted by molar-refractivity contribution is 5.84. The van der Waals surface area contributed by atoms with Crippen molar-refractivity contribution in [2.75, 3.05) is 0 Å². The molecule has 2 unspecified atom stereocenters. The van der Waals surface area contributed by atoms with Crippen LogP contribution in [0.25, 0.3) is 0 Å². The Morgan fingerprint density at radius 1 is 1.50 bits per heavy atom. The summed E-state index contributed by atoms with van der Waals surface area (Å²) in [6.07, 6.45) is 7.06. The van der Waals surface area contributed by atoms with Gasteiger partial charge in [-0.3, -0.25) is 9.59 Å². The summed E-state index contributed by atoms with van der Waals surface area (Å²) in [5.74, 6) is 1.40. The van der Waals surface area contributed by atoms with Crippen LogP contribution in [0.1, 0.15) is 25.7 Å². The fraction of sp³-hybridized carbons (Fsp3) is 0.600. The molecule has 4 N–H and O–H groups in total. The molecular formula is C10H14N2O2. The van der Waals surface area contributed by atoms with Crippen LogP contribution < -0.4 is 11.5 Å². The van der Waals surface area contributed by atoms with Crippen molar-refractivity contribution in [1.29, 1.82) is 0 Å². The minimum atomic E-state index is -0.700. The highest BCUT2D eigenvalue weighted by Gasteiger charge is 2.45. The number of hydrogen-bond donors (Lipinski definition) is 2. The summed E-state index contributed by atoms with van der Waals surface area (Å²) in [5.41, 5.74) is 9.77. The molecule has 2 atom stereocenters. The Hall–Kier alpha value is -1.50. The second kappa shape index (κ2) is 3.70. The molecule has 0 aromatic heterocycles. The van der Waals surface area contributed by atoms with Crippen molar-refractivity contribution in [3.63, 3.8) is 0 Å². The maximum absolute atomic E-state index is 11.3. The van der Waals surface area contributed by atoms with Gasteiger partial charge in [0, 0.05) is 12.3 Å². The number of hydrogen-bond acceptors (Lipinski definition) is 2. The molecule has 1 rings (SSSR count). The maximum Gasteiger partial charge on any atom is 0.224 e. The number of rotatable bonds is 3. The average Bonchev–Trinajstić information content (AvgIpc) is 2.50. The normalized spacial score (nSPS) is 30.9. The average molecular weight is 194 g/mol. The van der Waals surface area contributed by atoms with Crippen LogP contribution in [-0.4, -0.2) is 11.8 Å². The number of carbonyl (C=O) groups excluding carboxylic acids is 2. The zero-order chi connectivity index (χ0) is 10.8. The Bertz CT molecular complexity index is 306. The number of amides is 2. The SMILES string of the molecule is C#CCC1(C(N)=O)CCC(C(N)=O)C1. The van der Waals surface area contributed by atoms with E-state index in [4.69, 9.17) is 17.9 Å². The summed E-state index contributed by atoms with van der Waals surface area (Å²) in [6.45, 7) is 0. The minimum Gasteiger partial charge on any atom is -0.369 e. The van der Waals surface area contributed by atoms with E-state index in [1.54, 1.807) is 0 Å². The first kappa shape index (κ1) is 10.6. The van der Waals surface area contributed by atoms with Gasteiger partial charge in [0.15, 0.2) is 0 Å². The van der Waals surface area contributed by atoms with Crippen LogP contribution in [0.3, 0.4) is 0 Å². The molecular weight excluding hydrogens is 180 g/mol. The molecule has 0 aromatic carbocycles. The molecule has 1 aliphatic rings. The Morgan fingerprint density at radius 2 is 2.14 bits per heavy atom. The van der Waals surface area contributed by atoms with Crippen LogP contribution in [0.2, 0.25) is 0 Å². The largest absolute Gasteiger partial charge is 0.369 e. The van der Waals surface area contributed by atoms with Crippen LogP contribution in [0.5, 0.6) is 0 Å². The summed E-state index contributed by atoms with van der Waals surface area (Å²) in [5, 5.41) is 0. The van der Waals surface area contributed by atoms with Gasteiger partial charge in [0.2, 0.25) is 11.8 Å². The second-order valence-corrected chi connectivity index (χ2v) is 3.87. The molecule has 0 aromatic rings. The summed E-state index contributed by atoms with van der Waals surface area (Å²) in [7, 11) is 0. The molecule has 1 fully saturated rings. The molecule has 0 spiro atoms. The zero-order valence-corrected chi connectivity index (χ0v) is 7.95. The number of primary amides is 2. The minimum absolute atomic E-state index is 0.254. The summed E-state index contributed by atoms with van der Waals surface area (Å²) < 4.78 is 0. The Kier molecular flexibility index (Phi) is 2.80. The first-order valence-electron chi connectivity index (χ1n) is 4.54. The number of terminal acetylenes is 1. The molecule has 76 valence electrons. The van der Waals surface area contributed by atoms with Gasteiger partial charge in [-0.25, -0.2) is 0 Å². The van der Waals surface area contributed by atoms with Crippen molar-refractivity contribution in [1.82, 2.24) is 0 Å². The van der Waals surface area contributed by atoms with Crippen LogP contribution in [-0.2, 0) is 9.59 Å². The smallest absolute Gasteiger partial charge is 0.224 e. The molecule has 4 heteroatoms. The van der Waals surface area contributed by atoms with Gasteiger partial charge in [0.1, 0.15) is 0 Å². The van der Waals surface area contributed by atoms with Crippen molar-refractivity contribution < 1.29 is 9.59 Å². The molecule has 1 aliphatic carbocycles. The Balaban J connectivity index is 2.80. The van der Waals surface area contributed by atoms with Gasteiger partial charge in [0.25, 0.3) is 0 Å². The van der Waals surface area contributed by atoms with E-state index in [0.717, 1.165) is 0 Å². The lowest BCUT2D eigenvalue weighted by Crippen LogP contribution is -2.35. The quantitative estimate of drug-likeness (QED) is 0.608. The van der Waals surface area contributed by atoms with Crippen LogP contribution in [0, 0.1) is 23.7 Å². The second-order valence-electron chi connectivity index (χ2n) is 3.87. The zero-order valence-electron chi connectivity index (χ0n) is 7.95. The van der Waals surface area contributed by atoms with E-state index in [1.165, 1.54) is 0 Å². The van der Waals surface area contributed by atoms with Crippen molar-refractivity contribution >= 4 is 11.8 Å². The monoisotopic (exact) mass is 194 g/mol. The van der Waals surface area contributed by atoms with Crippen LogP contribution in [0.15, 0.2) is 0 Å². The van der Waals surface area contributed by atoms with Crippen molar-refractivity contribution in [3.05, 3.63) is 0 Å². The van der Waals surface area contributed by atoms with E-state index in [1.807, 2.05) is 0 Å². The van der Waals surface area contributed by atoms with E-state index in [2.05, 4.69) is 5.92 Å². The van der Waals surface area contributed by atoms with Gasteiger partial charge in [-0.05, 0) is 19.3 Å². The lowest BCUT2D eigenvalue weighted by atomic mass is 9.81. The lowest BCUT2D eigenvalue weighted by molar-refractivity contribution is -0.127. The lowest BCUT2D eigenvalue weighted by Gasteiger charge is -2.22. The molecule has 0 bridgehead atoms. The number of carbonyl (C=O) groups is 2. The molecule has 2 amide bonds. The van der Waals surface area contributed by atoms with Gasteiger partial charge < -0.3 is 11.5 Å². The van der Waals surface area contributed by atoms with Crippen molar-refractivity contribution in [3.8, 4) is 12.3 Å². The number of nitrogens with two attached hydrogens (primary N) is 2. The first-order valence-corrected chi connectivity index (χ1v) is 4.54. The molecule has 0 saturated heterocycles. The van der Waals surface area contributed by atoms with Crippen molar-refractivity contribution in [2.24, 2.45) is 22.8 Å².